The van der Waals surface area contributed by atoms with Gasteiger partial charge in [0.25, 0.3) is 0 Å². The summed E-state index contributed by atoms with van der Waals surface area (Å²) >= 11 is 2.95. The SMILES string of the molecule is O=C(O)COc1cccc(Br)c1F. The molecule has 1 N–H and O–H groups in total. The van der Waals surface area contributed by atoms with Crippen LogP contribution in [0.2, 0.25) is 0 Å². The lowest BCUT2D eigenvalue weighted by Gasteiger charge is -2.04. The largest absolute Gasteiger partial charge is 0.479 e. The summed E-state index contributed by atoms with van der Waals surface area (Å²) in [6.07, 6.45) is 0. The van der Waals surface area contributed by atoms with E-state index in [9.17, 15) is 9.18 Å². The Bertz CT molecular complexity index is 327. The van der Waals surface area contributed by atoms with Crippen molar-refractivity contribution >= 4 is 21.9 Å². The molecule has 3 nitrogen and oxygen atoms in total. The first-order chi connectivity index (χ1) is 6.11. The van der Waals surface area contributed by atoms with Gasteiger partial charge in [0.1, 0.15) is 0 Å². The summed E-state index contributed by atoms with van der Waals surface area (Å²) in [7, 11) is 0. The van der Waals surface area contributed by atoms with Crippen LogP contribution in [-0.2, 0) is 4.79 Å². The summed E-state index contributed by atoms with van der Waals surface area (Å²) in [4.78, 5) is 10.1. The molecule has 0 heterocycles. The zero-order chi connectivity index (χ0) is 9.84. The van der Waals surface area contributed by atoms with Gasteiger partial charge in [0, 0.05) is 0 Å². The van der Waals surface area contributed by atoms with Crippen molar-refractivity contribution in [3.8, 4) is 5.75 Å². The van der Waals surface area contributed by atoms with E-state index < -0.39 is 18.4 Å². The van der Waals surface area contributed by atoms with Crippen LogP contribution >= 0.6 is 15.9 Å². The number of hydrogen-bond acceptors (Lipinski definition) is 2. The van der Waals surface area contributed by atoms with Gasteiger partial charge < -0.3 is 9.84 Å². The van der Waals surface area contributed by atoms with Gasteiger partial charge in [-0.25, -0.2) is 9.18 Å². The van der Waals surface area contributed by atoms with E-state index in [1.54, 1.807) is 6.07 Å². The minimum Gasteiger partial charge on any atom is -0.479 e. The lowest BCUT2D eigenvalue weighted by atomic mass is 10.3. The number of rotatable bonds is 3. The minimum atomic E-state index is -1.14. The molecule has 0 radical (unpaired) electrons. The van der Waals surface area contributed by atoms with Gasteiger partial charge in [0.15, 0.2) is 18.2 Å². The zero-order valence-electron chi connectivity index (χ0n) is 6.46. The fraction of sp³-hybridized carbons (Fsp3) is 0.125. The fourth-order valence-corrected chi connectivity index (χ4v) is 1.08. The summed E-state index contributed by atoms with van der Waals surface area (Å²) in [6, 6.07) is 4.43. The Morgan fingerprint density at radius 3 is 2.92 bits per heavy atom. The first-order valence-electron chi connectivity index (χ1n) is 3.40. The van der Waals surface area contributed by atoms with Gasteiger partial charge in [-0.05, 0) is 28.1 Å². The maximum atomic E-state index is 13.1. The molecule has 1 rings (SSSR count). The second kappa shape index (κ2) is 4.23. The molecule has 0 spiro atoms. The third-order valence-corrected chi connectivity index (χ3v) is 1.88. The standard InChI is InChI=1S/C8H6BrFO3/c9-5-2-1-3-6(8(5)10)13-4-7(11)12/h1-3H,4H2,(H,11,12). The number of carbonyl (C=O) groups is 1. The zero-order valence-corrected chi connectivity index (χ0v) is 8.04. The molecule has 13 heavy (non-hydrogen) atoms. The third-order valence-electron chi connectivity index (χ3n) is 1.27. The van der Waals surface area contributed by atoms with E-state index in [0.29, 0.717) is 0 Å². The molecular weight excluding hydrogens is 243 g/mol. The Labute approximate surface area is 82.3 Å². The molecule has 0 amide bonds. The highest BCUT2D eigenvalue weighted by atomic mass is 79.9. The van der Waals surface area contributed by atoms with Crippen LogP contribution in [0.15, 0.2) is 22.7 Å². The Morgan fingerprint density at radius 2 is 2.31 bits per heavy atom. The van der Waals surface area contributed by atoms with E-state index in [1.165, 1.54) is 12.1 Å². The van der Waals surface area contributed by atoms with Gasteiger partial charge >= 0.3 is 5.97 Å². The van der Waals surface area contributed by atoms with Gasteiger partial charge in [-0.15, -0.1) is 0 Å². The first-order valence-corrected chi connectivity index (χ1v) is 4.19. The van der Waals surface area contributed by atoms with Crippen LogP contribution in [0.4, 0.5) is 4.39 Å². The molecule has 1 aromatic carbocycles. The third kappa shape index (κ3) is 2.69. The molecule has 70 valence electrons. The van der Waals surface area contributed by atoms with Gasteiger partial charge in [0.2, 0.25) is 0 Å². The van der Waals surface area contributed by atoms with Gasteiger partial charge in [-0.2, -0.15) is 0 Å². The maximum absolute atomic E-state index is 13.1. The van der Waals surface area contributed by atoms with Crippen molar-refractivity contribution in [2.75, 3.05) is 6.61 Å². The molecule has 1 aromatic rings. The molecule has 0 aliphatic heterocycles. The molecule has 0 saturated carbocycles. The molecule has 0 aliphatic rings. The highest BCUT2D eigenvalue weighted by Gasteiger charge is 2.07. The van der Waals surface area contributed by atoms with E-state index in [-0.39, 0.29) is 10.2 Å². The maximum Gasteiger partial charge on any atom is 0.341 e. The van der Waals surface area contributed by atoms with Crippen LogP contribution in [0.3, 0.4) is 0 Å². The number of carboxylic acid groups (broad SMARTS) is 1. The Balaban J connectivity index is 2.77. The highest BCUT2D eigenvalue weighted by molar-refractivity contribution is 9.10. The number of ether oxygens (including phenoxy) is 1. The quantitative estimate of drug-likeness (QED) is 0.891. The number of benzene rings is 1. The molecular formula is C8H6BrFO3. The van der Waals surface area contributed by atoms with Crippen molar-refractivity contribution in [2.24, 2.45) is 0 Å². The Morgan fingerprint density at radius 1 is 1.62 bits per heavy atom. The van der Waals surface area contributed by atoms with Crippen molar-refractivity contribution in [1.29, 1.82) is 0 Å². The van der Waals surface area contributed by atoms with Crippen LogP contribution in [0.25, 0.3) is 0 Å². The molecule has 0 aromatic heterocycles. The smallest absolute Gasteiger partial charge is 0.341 e. The van der Waals surface area contributed by atoms with Crippen LogP contribution in [-0.4, -0.2) is 17.7 Å². The predicted octanol–water partition coefficient (Wildman–Crippen LogP) is 2.05. The molecule has 5 heteroatoms. The van der Waals surface area contributed by atoms with E-state index in [1.807, 2.05) is 0 Å². The molecule has 0 saturated heterocycles. The molecule has 0 aliphatic carbocycles. The van der Waals surface area contributed by atoms with Crippen molar-refractivity contribution in [1.82, 2.24) is 0 Å². The van der Waals surface area contributed by atoms with Crippen LogP contribution in [0.1, 0.15) is 0 Å². The summed E-state index contributed by atoms with van der Waals surface area (Å²) in [6.45, 7) is -0.548. The van der Waals surface area contributed by atoms with Crippen molar-refractivity contribution < 1.29 is 19.0 Å². The van der Waals surface area contributed by atoms with Crippen LogP contribution in [0.5, 0.6) is 5.75 Å². The molecule has 0 bridgehead atoms. The average molecular weight is 249 g/mol. The number of aliphatic carboxylic acids is 1. The molecule has 0 atom stereocenters. The fourth-order valence-electron chi connectivity index (χ4n) is 0.735. The van der Waals surface area contributed by atoms with Gasteiger partial charge in [-0.1, -0.05) is 6.07 Å². The topological polar surface area (TPSA) is 46.5 Å². The van der Waals surface area contributed by atoms with E-state index >= 15 is 0 Å². The second-order valence-corrected chi connectivity index (χ2v) is 3.09. The summed E-state index contributed by atoms with van der Waals surface area (Å²) in [5.41, 5.74) is 0. The summed E-state index contributed by atoms with van der Waals surface area (Å²) in [5.74, 6) is -1.81. The van der Waals surface area contributed by atoms with Crippen LogP contribution < -0.4 is 4.74 Å². The Kier molecular flexibility index (Phi) is 3.25. The average Bonchev–Trinajstić information content (AvgIpc) is 2.07. The van der Waals surface area contributed by atoms with E-state index in [2.05, 4.69) is 20.7 Å². The predicted molar refractivity (Wildman–Crippen MR) is 47.2 cm³/mol. The monoisotopic (exact) mass is 248 g/mol. The van der Waals surface area contributed by atoms with Crippen LogP contribution in [0, 0.1) is 5.82 Å². The van der Waals surface area contributed by atoms with E-state index in [4.69, 9.17) is 5.11 Å². The van der Waals surface area contributed by atoms with Crippen molar-refractivity contribution in [2.45, 2.75) is 0 Å². The molecule has 0 unspecified atom stereocenters. The highest BCUT2D eigenvalue weighted by Crippen LogP contribution is 2.24. The van der Waals surface area contributed by atoms with Crippen molar-refractivity contribution in [3.63, 3.8) is 0 Å². The van der Waals surface area contributed by atoms with E-state index in [0.717, 1.165) is 0 Å². The number of carboxylic acids is 1. The minimum absolute atomic E-state index is 0.0724. The lowest BCUT2D eigenvalue weighted by Crippen LogP contribution is -2.10. The summed E-state index contributed by atoms with van der Waals surface area (Å²) < 4.78 is 18.0. The second-order valence-electron chi connectivity index (χ2n) is 2.23. The van der Waals surface area contributed by atoms with Gasteiger partial charge in [0.05, 0.1) is 4.47 Å². The lowest BCUT2D eigenvalue weighted by molar-refractivity contribution is -0.139. The molecule has 0 fully saturated rings. The Hall–Kier alpha value is -1.10. The summed E-state index contributed by atoms with van der Waals surface area (Å²) in [5, 5.41) is 8.28. The van der Waals surface area contributed by atoms with Crippen molar-refractivity contribution in [3.05, 3.63) is 28.5 Å². The first kappa shape index (κ1) is 9.98. The van der Waals surface area contributed by atoms with Gasteiger partial charge in [-0.3, -0.25) is 0 Å². The normalized spacial score (nSPS) is 9.69. The number of halogens is 2. The number of hydrogen-bond donors (Lipinski definition) is 1.